The standard InChI is InChI=1S/C12H11BrN2OS/c1-8-3-2-4-9(15-8)7-14-12(16)10-5-6-11(13)17-10/h2-6H,7H2,1H3,(H,14,16). The van der Waals surface area contributed by atoms with E-state index in [1.54, 1.807) is 6.07 Å². The quantitative estimate of drug-likeness (QED) is 0.946. The second-order valence-corrected chi connectivity index (χ2v) is 6.02. The molecule has 0 radical (unpaired) electrons. The van der Waals surface area contributed by atoms with Crippen molar-refractivity contribution >= 4 is 33.2 Å². The van der Waals surface area contributed by atoms with Crippen molar-refractivity contribution in [2.75, 3.05) is 0 Å². The smallest absolute Gasteiger partial charge is 0.261 e. The Morgan fingerprint density at radius 1 is 1.41 bits per heavy atom. The maximum atomic E-state index is 11.8. The van der Waals surface area contributed by atoms with Crippen molar-refractivity contribution in [3.8, 4) is 0 Å². The Balaban J connectivity index is 1.97. The Morgan fingerprint density at radius 2 is 2.24 bits per heavy atom. The second-order valence-electron chi connectivity index (χ2n) is 3.56. The van der Waals surface area contributed by atoms with Crippen molar-refractivity contribution in [3.63, 3.8) is 0 Å². The molecule has 2 aromatic rings. The molecule has 2 rings (SSSR count). The van der Waals surface area contributed by atoms with Gasteiger partial charge in [-0.1, -0.05) is 6.07 Å². The van der Waals surface area contributed by atoms with Crippen LogP contribution in [0.4, 0.5) is 0 Å². The molecule has 1 N–H and O–H groups in total. The summed E-state index contributed by atoms with van der Waals surface area (Å²) in [6, 6.07) is 9.43. The lowest BCUT2D eigenvalue weighted by Crippen LogP contribution is -2.22. The summed E-state index contributed by atoms with van der Waals surface area (Å²) in [5, 5.41) is 2.84. The normalized spacial score (nSPS) is 10.2. The van der Waals surface area contributed by atoms with E-state index in [0.29, 0.717) is 11.4 Å². The summed E-state index contributed by atoms with van der Waals surface area (Å²) in [5.41, 5.74) is 1.82. The average molecular weight is 311 g/mol. The predicted octanol–water partition coefficient (Wildman–Crippen LogP) is 3.14. The first-order chi connectivity index (χ1) is 8.15. The lowest BCUT2D eigenvalue weighted by molar-refractivity contribution is 0.0954. The maximum Gasteiger partial charge on any atom is 0.261 e. The Morgan fingerprint density at radius 3 is 2.88 bits per heavy atom. The summed E-state index contributed by atoms with van der Waals surface area (Å²) in [6.45, 7) is 2.39. The van der Waals surface area contributed by atoms with Crippen LogP contribution >= 0.6 is 27.3 Å². The molecule has 2 heterocycles. The fourth-order valence-electron chi connectivity index (χ4n) is 1.39. The van der Waals surface area contributed by atoms with E-state index in [9.17, 15) is 4.79 Å². The Bertz CT molecular complexity index is 539. The summed E-state index contributed by atoms with van der Waals surface area (Å²) in [4.78, 5) is 16.8. The molecule has 0 saturated heterocycles. The van der Waals surface area contributed by atoms with E-state index in [1.807, 2.05) is 31.2 Å². The van der Waals surface area contributed by atoms with Crippen molar-refractivity contribution in [1.29, 1.82) is 0 Å². The van der Waals surface area contributed by atoms with Crippen LogP contribution in [0, 0.1) is 6.92 Å². The molecule has 0 unspecified atom stereocenters. The first kappa shape index (κ1) is 12.3. The monoisotopic (exact) mass is 310 g/mol. The van der Waals surface area contributed by atoms with Gasteiger partial charge in [-0.2, -0.15) is 0 Å². The molecule has 0 atom stereocenters. The van der Waals surface area contributed by atoms with Gasteiger partial charge in [-0.05, 0) is 47.1 Å². The van der Waals surface area contributed by atoms with Gasteiger partial charge in [0.1, 0.15) is 0 Å². The molecule has 3 nitrogen and oxygen atoms in total. The summed E-state index contributed by atoms with van der Waals surface area (Å²) < 4.78 is 0.955. The van der Waals surface area contributed by atoms with E-state index < -0.39 is 0 Å². The molecule has 0 aliphatic heterocycles. The number of nitrogens with zero attached hydrogens (tertiary/aromatic N) is 1. The number of thiophene rings is 1. The van der Waals surface area contributed by atoms with Gasteiger partial charge in [-0.3, -0.25) is 9.78 Å². The van der Waals surface area contributed by atoms with E-state index in [4.69, 9.17) is 0 Å². The molecule has 5 heteroatoms. The Hall–Kier alpha value is -1.20. The second kappa shape index (κ2) is 5.42. The SMILES string of the molecule is Cc1cccc(CNC(=O)c2ccc(Br)s2)n1. The van der Waals surface area contributed by atoms with Crippen LogP contribution in [-0.2, 0) is 6.54 Å². The van der Waals surface area contributed by atoms with Crippen LogP contribution in [0.15, 0.2) is 34.1 Å². The van der Waals surface area contributed by atoms with Crippen LogP contribution < -0.4 is 5.32 Å². The van der Waals surface area contributed by atoms with Crippen molar-refractivity contribution in [1.82, 2.24) is 10.3 Å². The lowest BCUT2D eigenvalue weighted by atomic mass is 10.3. The number of hydrogen-bond acceptors (Lipinski definition) is 3. The van der Waals surface area contributed by atoms with Crippen LogP contribution in [0.5, 0.6) is 0 Å². The number of rotatable bonds is 3. The van der Waals surface area contributed by atoms with Crippen LogP contribution in [0.25, 0.3) is 0 Å². The number of halogens is 1. The summed E-state index contributed by atoms with van der Waals surface area (Å²) in [7, 11) is 0. The molecular formula is C12H11BrN2OS. The molecule has 1 amide bonds. The summed E-state index contributed by atoms with van der Waals surface area (Å²) in [6.07, 6.45) is 0. The van der Waals surface area contributed by atoms with Gasteiger partial charge in [0.15, 0.2) is 0 Å². The third-order valence-corrected chi connectivity index (χ3v) is 3.80. The van der Waals surface area contributed by atoms with Gasteiger partial charge in [-0.25, -0.2) is 0 Å². The van der Waals surface area contributed by atoms with Crippen LogP contribution in [0.3, 0.4) is 0 Å². The third-order valence-electron chi connectivity index (χ3n) is 2.17. The number of carbonyl (C=O) groups excluding carboxylic acids is 1. The number of hydrogen-bond donors (Lipinski definition) is 1. The molecule has 17 heavy (non-hydrogen) atoms. The molecule has 0 spiro atoms. The zero-order valence-electron chi connectivity index (χ0n) is 9.24. The number of nitrogens with one attached hydrogen (secondary N) is 1. The average Bonchev–Trinajstić information content (AvgIpc) is 2.73. The highest BCUT2D eigenvalue weighted by Gasteiger charge is 2.08. The number of aromatic nitrogens is 1. The molecule has 0 aliphatic carbocycles. The predicted molar refractivity (Wildman–Crippen MR) is 72.2 cm³/mol. The fourth-order valence-corrected chi connectivity index (χ4v) is 2.69. The number of aryl methyl sites for hydroxylation is 1. The molecule has 0 bridgehead atoms. The van der Waals surface area contributed by atoms with Crippen molar-refractivity contribution in [2.24, 2.45) is 0 Å². The lowest BCUT2D eigenvalue weighted by Gasteiger charge is -2.03. The topological polar surface area (TPSA) is 42.0 Å². The largest absolute Gasteiger partial charge is 0.346 e. The van der Waals surface area contributed by atoms with E-state index in [1.165, 1.54) is 11.3 Å². The highest BCUT2D eigenvalue weighted by molar-refractivity contribution is 9.11. The third kappa shape index (κ3) is 3.38. The molecule has 0 fully saturated rings. The summed E-state index contributed by atoms with van der Waals surface area (Å²) >= 11 is 4.75. The van der Waals surface area contributed by atoms with Crippen LogP contribution in [0.2, 0.25) is 0 Å². The van der Waals surface area contributed by atoms with E-state index in [0.717, 1.165) is 15.2 Å². The van der Waals surface area contributed by atoms with E-state index in [-0.39, 0.29) is 5.91 Å². The zero-order chi connectivity index (χ0) is 12.3. The molecule has 0 aliphatic rings. The first-order valence-electron chi connectivity index (χ1n) is 5.11. The maximum absolute atomic E-state index is 11.8. The molecular weight excluding hydrogens is 300 g/mol. The number of pyridine rings is 1. The Kier molecular flexibility index (Phi) is 3.91. The zero-order valence-corrected chi connectivity index (χ0v) is 11.6. The minimum atomic E-state index is -0.0657. The first-order valence-corrected chi connectivity index (χ1v) is 6.72. The highest BCUT2D eigenvalue weighted by Crippen LogP contribution is 2.21. The minimum Gasteiger partial charge on any atom is -0.346 e. The molecule has 0 aromatic carbocycles. The van der Waals surface area contributed by atoms with E-state index >= 15 is 0 Å². The van der Waals surface area contributed by atoms with Gasteiger partial charge in [0.05, 0.1) is 20.9 Å². The van der Waals surface area contributed by atoms with Gasteiger partial charge in [-0.15, -0.1) is 11.3 Å². The van der Waals surface area contributed by atoms with Crippen LogP contribution in [0.1, 0.15) is 21.1 Å². The summed E-state index contributed by atoms with van der Waals surface area (Å²) in [5.74, 6) is -0.0657. The van der Waals surface area contributed by atoms with Gasteiger partial charge in [0, 0.05) is 5.69 Å². The van der Waals surface area contributed by atoms with Crippen molar-refractivity contribution in [2.45, 2.75) is 13.5 Å². The Labute approximate surface area is 112 Å². The van der Waals surface area contributed by atoms with Gasteiger partial charge in [0.25, 0.3) is 5.91 Å². The molecule has 2 aromatic heterocycles. The highest BCUT2D eigenvalue weighted by atomic mass is 79.9. The van der Waals surface area contributed by atoms with Gasteiger partial charge in [0.2, 0.25) is 0 Å². The van der Waals surface area contributed by atoms with Gasteiger partial charge < -0.3 is 5.32 Å². The fraction of sp³-hybridized carbons (Fsp3) is 0.167. The number of amides is 1. The van der Waals surface area contributed by atoms with Crippen molar-refractivity contribution in [3.05, 3.63) is 50.4 Å². The van der Waals surface area contributed by atoms with Gasteiger partial charge >= 0.3 is 0 Å². The number of carbonyl (C=O) groups is 1. The molecule has 0 saturated carbocycles. The van der Waals surface area contributed by atoms with Crippen molar-refractivity contribution < 1.29 is 4.79 Å². The van der Waals surface area contributed by atoms with Crippen LogP contribution in [-0.4, -0.2) is 10.9 Å². The van der Waals surface area contributed by atoms with E-state index in [2.05, 4.69) is 26.2 Å². The molecule has 88 valence electrons. The minimum absolute atomic E-state index is 0.0657.